The normalized spacial score (nSPS) is 19.4. The van der Waals surface area contributed by atoms with Crippen LogP contribution >= 0.6 is 0 Å². The minimum absolute atomic E-state index is 0.0682. The van der Waals surface area contributed by atoms with E-state index in [1.807, 2.05) is 62.7 Å². The lowest BCUT2D eigenvalue weighted by Crippen LogP contribution is -2.61. The number of piperidine rings is 1. The lowest BCUT2D eigenvalue weighted by Gasteiger charge is -2.43. The number of carbonyl (C=O) groups is 4. The maximum absolute atomic E-state index is 14.3. The third kappa shape index (κ3) is 10.3. The monoisotopic (exact) mass is 642 g/mol. The van der Waals surface area contributed by atoms with E-state index in [1.165, 1.54) is 7.11 Å². The van der Waals surface area contributed by atoms with E-state index in [-0.39, 0.29) is 47.1 Å². The van der Waals surface area contributed by atoms with E-state index in [4.69, 9.17) is 4.79 Å². The second-order valence-electron chi connectivity index (χ2n) is 15.0. The first-order valence-electron chi connectivity index (χ1n) is 17.2. The van der Waals surface area contributed by atoms with Gasteiger partial charge in [0.2, 0.25) is 17.7 Å². The van der Waals surface area contributed by atoms with Crippen molar-refractivity contribution < 1.29 is 23.9 Å². The minimum Gasteiger partial charge on any atom is -0.471 e. The van der Waals surface area contributed by atoms with E-state index >= 15 is 0 Å². The predicted molar refractivity (Wildman–Crippen MR) is 184 cm³/mol. The summed E-state index contributed by atoms with van der Waals surface area (Å²) < 4.78 is 3.86. The summed E-state index contributed by atoms with van der Waals surface area (Å²) in [7, 11) is 3.19. The highest BCUT2D eigenvalue weighted by Gasteiger charge is 2.42. The van der Waals surface area contributed by atoms with E-state index in [0.29, 0.717) is 19.4 Å². The Morgan fingerprint density at radius 2 is 1.57 bits per heavy atom. The van der Waals surface area contributed by atoms with Gasteiger partial charge in [-0.15, -0.1) is 0 Å². The molecule has 260 valence electrons. The number of likely N-dealkylation sites (N-methyl/N-ethyl adjacent to an activating group) is 1. The molecule has 2 fully saturated rings. The predicted octanol–water partition coefficient (Wildman–Crippen LogP) is 5.27. The molecule has 0 aromatic heterocycles. The molecule has 2 aliphatic heterocycles. The number of amides is 3. The van der Waals surface area contributed by atoms with Gasteiger partial charge in [0.05, 0.1) is 13.2 Å². The molecule has 2 heterocycles. The minimum atomic E-state index is -0.666. The molecule has 0 spiro atoms. The summed E-state index contributed by atoms with van der Waals surface area (Å²) >= 11 is 0. The molecule has 0 aliphatic carbocycles. The second kappa shape index (κ2) is 17.8. The van der Waals surface area contributed by atoms with Gasteiger partial charge in [-0.05, 0) is 55.5 Å². The first-order valence-corrected chi connectivity index (χ1v) is 17.2. The summed E-state index contributed by atoms with van der Waals surface area (Å²) in [5.41, 5.74) is 0.252. The van der Waals surface area contributed by atoms with Crippen molar-refractivity contribution in [3.05, 3.63) is 35.9 Å². The standard InChI is InChI=1S/C35H58N4O3.C2H4O2/c1-10-27(35(7,8)26-18-12-11-13-19-26)31(40)36-30(34(4,5)6)33(42)37(9)29(25(2)3)24-39-23-15-14-20-28(39)32(41)38-21-16-17-22-38;1-4-2-3/h11-13,18-19,25,27-30H,10,14-17,20-24H2,1-9H3,(H,36,40);2H,1H3/t27-,28+,29-,30-;/m1./s1. The summed E-state index contributed by atoms with van der Waals surface area (Å²) in [4.78, 5) is 56.8. The number of hydrogen-bond acceptors (Lipinski definition) is 6. The zero-order valence-electron chi connectivity index (χ0n) is 30.3. The van der Waals surface area contributed by atoms with E-state index in [1.54, 1.807) is 0 Å². The number of nitrogens with one attached hydrogen (secondary N) is 1. The molecule has 0 bridgehead atoms. The van der Waals surface area contributed by atoms with E-state index in [0.717, 1.165) is 57.3 Å². The Labute approximate surface area is 278 Å². The van der Waals surface area contributed by atoms with Crippen LogP contribution in [0.1, 0.15) is 99.5 Å². The average Bonchev–Trinajstić information content (AvgIpc) is 3.57. The van der Waals surface area contributed by atoms with Crippen LogP contribution in [0.25, 0.3) is 0 Å². The van der Waals surface area contributed by atoms with Crippen LogP contribution in [0.3, 0.4) is 0 Å². The maximum Gasteiger partial charge on any atom is 0.292 e. The summed E-state index contributed by atoms with van der Waals surface area (Å²) in [6, 6.07) is 9.31. The lowest BCUT2D eigenvalue weighted by molar-refractivity contribution is -0.143. The SMILES string of the molecule is CC[C@H](C(=O)N[C@H](C(=O)N(C)[C@H](CN1CCCC[C@H]1C(=O)N1CCCC1)C(C)C)C(C)(C)C)C(C)(C)c1ccccc1.COC=O. The molecular formula is C37H62N4O5. The Balaban J connectivity index is 0.00000173. The zero-order valence-corrected chi connectivity index (χ0v) is 30.3. The molecule has 9 heteroatoms. The summed E-state index contributed by atoms with van der Waals surface area (Å²) in [5.74, 6) is 0.0209. The molecule has 4 atom stereocenters. The van der Waals surface area contributed by atoms with Gasteiger partial charge < -0.3 is 19.9 Å². The smallest absolute Gasteiger partial charge is 0.292 e. The Bertz CT molecular complexity index is 1110. The number of methoxy groups -OCH3 is 1. The van der Waals surface area contributed by atoms with Crippen LogP contribution in [0, 0.1) is 17.3 Å². The van der Waals surface area contributed by atoms with E-state index < -0.39 is 11.5 Å². The summed E-state index contributed by atoms with van der Waals surface area (Å²) in [6.45, 7) is 20.3. The van der Waals surface area contributed by atoms with Crippen LogP contribution in [-0.2, 0) is 29.3 Å². The molecule has 0 radical (unpaired) electrons. The fourth-order valence-corrected chi connectivity index (χ4v) is 7.01. The number of carbonyl (C=O) groups excluding carboxylic acids is 4. The molecule has 2 aliphatic rings. The Morgan fingerprint density at radius 1 is 1.00 bits per heavy atom. The number of rotatable bonds is 12. The fourth-order valence-electron chi connectivity index (χ4n) is 7.01. The molecule has 0 saturated carbocycles. The summed E-state index contributed by atoms with van der Waals surface area (Å²) in [6.07, 6.45) is 5.87. The molecule has 1 N–H and O–H groups in total. The van der Waals surface area contributed by atoms with Crippen LogP contribution in [0.4, 0.5) is 0 Å². The maximum atomic E-state index is 14.3. The van der Waals surface area contributed by atoms with Crippen LogP contribution in [0.5, 0.6) is 0 Å². The zero-order chi connectivity index (χ0) is 34.7. The van der Waals surface area contributed by atoms with Gasteiger partial charge in [-0.3, -0.25) is 24.1 Å². The van der Waals surface area contributed by atoms with Gasteiger partial charge in [0.25, 0.3) is 6.47 Å². The van der Waals surface area contributed by atoms with E-state index in [2.05, 4.69) is 54.8 Å². The molecule has 1 aromatic carbocycles. The van der Waals surface area contributed by atoms with Crippen molar-refractivity contribution in [2.45, 2.75) is 117 Å². The van der Waals surface area contributed by atoms with Crippen molar-refractivity contribution >= 4 is 24.2 Å². The number of hydrogen-bond donors (Lipinski definition) is 1. The van der Waals surface area contributed by atoms with Gasteiger partial charge >= 0.3 is 0 Å². The van der Waals surface area contributed by atoms with Gasteiger partial charge in [0, 0.05) is 44.1 Å². The van der Waals surface area contributed by atoms with Crippen molar-refractivity contribution in [2.75, 3.05) is 40.3 Å². The summed E-state index contributed by atoms with van der Waals surface area (Å²) in [5, 5.41) is 3.22. The number of nitrogens with zero attached hydrogens (tertiary/aromatic N) is 3. The molecule has 0 unspecified atom stereocenters. The number of likely N-dealkylation sites (tertiary alicyclic amines) is 2. The van der Waals surface area contributed by atoms with E-state index in [9.17, 15) is 14.4 Å². The largest absolute Gasteiger partial charge is 0.471 e. The lowest BCUT2D eigenvalue weighted by atomic mass is 9.71. The average molecular weight is 643 g/mol. The number of benzene rings is 1. The Hall–Kier alpha value is -2.94. The van der Waals surface area contributed by atoms with Crippen LogP contribution in [-0.4, -0.2) is 97.4 Å². The van der Waals surface area contributed by atoms with Crippen molar-refractivity contribution in [1.29, 1.82) is 0 Å². The molecule has 9 nitrogen and oxygen atoms in total. The van der Waals surface area contributed by atoms with Crippen molar-refractivity contribution in [3.63, 3.8) is 0 Å². The van der Waals surface area contributed by atoms with Gasteiger partial charge in [0.15, 0.2) is 0 Å². The number of ether oxygens (including phenoxy) is 1. The van der Waals surface area contributed by atoms with Gasteiger partial charge in [-0.2, -0.15) is 0 Å². The van der Waals surface area contributed by atoms with Crippen molar-refractivity contribution in [1.82, 2.24) is 20.0 Å². The van der Waals surface area contributed by atoms with Crippen LogP contribution in [0.2, 0.25) is 0 Å². The van der Waals surface area contributed by atoms with Crippen LogP contribution in [0.15, 0.2) is 30.3 Å². The highest BCUT2D eigenvalue weighted by Crippen LogP contribution is 2.35. The molecular weight excluding hydrogens is 580 g/mol. The van der Waals surface area contributed by atoms with Crippen molar-refractivity contribution in [3.8, 4) is 0 Å². The molecule has 1 aromatic rings. The topological polar surface area (TPSA) is 99.3 Å². The Kier molecular flexibility index (Phi) is 15.2. The first-order chi connectivity index (χ1) is 21.6. The third-order valence-electron chi connectivity index (χ3n) is 9.96. The molecule has 46 heavy (non-hydrogen) atoms. The van der Waals surface area contributed by atoms with Gasteiger partial charge in [0.1, 0.15) is 6.04 Å². The highest BCUT2D eigenvalue weighted by molar-refractivity contribution is 5.90. The quantitative estimate of drug-likeness (QED) is 0.312. The molecule has 3 amide bonds. The van der Waals surface area contributed by atoms with Gasteiger partial charge in [-0.25, -0.2) is 0 Å². The fraction of sp³-hybridized carbons (Fsp3) is 0.730. The third-order valence-corrected chi connectivity index (χ3v) is 9.96. The van der Waals surface area contributed by atoms with Gasteiger partial charge in [-0.1, -0.05) is 92.1 Å². The first kappa shape index (κ1) is 39.2. The molecule has 3 rings (SSSR count). The van der Waals surface area contributed by atoms with Crippen molar-refractivity contribution in [2.24, 2.45) is 17.3 Å². The highest BCUT2D eigenvalue weighted by atomic mass is 16.5. The second-order valence-corrected chi connectivity index (χ2v) is 15.0. The Morgan fingerprint density at radius 3 is 2.07 bits per heavy atom. The van der Waals surface area contributed by atoms with Crippen LogP contribution < -0.4 is 5.32 Å². The molecule has 2 saturated heterocycles.